The number of carbonyl (C=O) groups is 3. The number of aromatic nitrogens is 1. The van der Waals surface area contributed by atoms with E-state index >= 15 is 0 Å². The molecule has 1 aromatic carbocycles. The van der Waals surface area contributed by atoms with Crippen LogP contribution in [0.25, 0.3) is 0 Å². The van der Waals surface area contributed by atoms with Crippen LogP contribution < -0.4 is 4.87 Å². The van der Waals surface area contributed by atoms with E-state index in [1.807, 2.05) is 0 Å². The number of likely N-dealkylation sites (tertiary alicyclic amines) is 1. The third kappa shape index (κ3) is 3.53. The van der Waals surface area contributed by atoms with Crippen LogP contribution >= 0.6 is 23.1 Å². The fraction of sp³-hybridized carbons (Fsp3) is 0.556. The van der Waals surface area contributed by atoms with Gasteiger partial charge < -0.3 is 10.1 Å². The summed E-state index contributed by atoms with van der Waals surface area (Å²) < 4.78 is 0. The smallest absolute Gasteiger partial charge is 0.305 e. The number of fused-ring (bicyclic) bond motifs is 9. The first-order chi connectivity index (χ1) is 17.1. The summed E-state index contributed by atoms with van der Waals surface area (Å²) in [6.07, 6.45) is 1.08. The number of nitrogens with zero attached hydrogens (tertiary/aromatic N) is 1. The molecule has 1 aromatic heterocycles. The number of imide groups is 1. The molecule has 2 aliphatic carbocycles. The number of rotatable bonds is 5. The summed E-state index contributed by atoms with van der Waals surface area (Å²) in [5.74, 6) is -1.46. The molecular weight excluding hydrogens is 496 g/mol. The highest BCUT2D eigenvalue weighted by atomic mass is 32.2. The fourth-order valence-corrected chi connectivity index (χ4v) is 10.1. The van der Waals surface area contributed by atoms with Gasteiger partial charge in [-0.15, -0.1) is 11.8 Å². The molecule has 9 heteroatoms. The van der Waals surface area contributed by atoms with E-state index in [0.717, 1.165) is 21.9 Å². The zero-order chi connectivity index (χ0) is 25.5. The van der Waals surface area contributed by atoms with E-state index in [1.165, 1.54) is 21.8 Å². The lowest BCUT2D eigenvalue weighted by Crippen LogP contribution is -2.42. The second-order valence-corrected chi connectivity index (χ2v) is 13.9. The average molecular weight is 527 g/mol. The minimum absolute atomic E-state index is 0.0177. The number of carbonyl (C=O) groups excluding carboxylic acids is 2. The maximum Gasteiger partial charge on any atom is 0.305 e. The van der Waals surface area contributed by atoms with Gasteiger partial charge in [-0.1, -0.05) is 56.4 Å². The minimum atomic E-state index is -0.919. The van der Waals surface area contributed by atoms with Gasteiger partial charge in [0.2, 0.25) is 11.8 Å². The summed E-state index contributed by atoms with van der Waals surface area (Å²) in [6, 6.07) is 8.70. The van der Waals surface area contributed by atoms with Crippen LogP contribution in [-0.4, -0.2) is 44.6 Å². The first-order valence-corrected chi connectivity index (χ1v) is 14.3. The largest absolute Gasteiger partial charge is 0.481 e. The van der Waals surface area contributed by atoms with E-state index in [-0.39, 0.29) is 82.2 Å². The Morgan fingerprint density at radius 3 is 2.39 bits per heavy atom. The molecule has 7 nitrogen and oxygen atoms in total. The van der Waals surface area contributed by atoms with Crippen molar-refractivity contribution in [3.05, 3.63) is 49.9 Å². The molecule has 0 spiro atoms. The van der Waals surface area contributed by atoms with Crippen molar-refractivity contribution in [2.24, 2.45) is 29.6 Å². The molecule has 2 bridgehead atoms. The van der Waals surface area contributed by atoms with Crippen molar-refractivity contribution in [1.82, 2.24) is 9.88 Å². The molecule has 6 rings (SSSR count). The Balaban J connectivity index is 1.36. The summed E-state index contributed by atoms with van der Waals surface area (Å²) in [5, 5.41) is 10.1. The second kappa shape index (κ2) is 8.31. The summed E-state index contributed by atoms with van der Waals surface area (Å²) in [5.41, 5.74) is 2.44. The SMILES string of the molecule is CC(C)(C)c1ccc([C@H]2c3sc(=O)[nH]c3SC3C4CC(C5C(=O)N(CCCC(=O)O)C(=O)C45)C32)cc1. The molecule has 2 saturated carbocycles. The molecule has 7 atom stereocenters. The Morgan fingerprint density at radius 1 is 1.08 bits per heavy atom. The monoisotopic (exact) mass is 526 g/mol. The summed E-state index contributed by atoms with van der Waals surface area (Å²) >= 11 is 2.96. The number of nitrogens with one attached hydrogen (secondary N) is 1. The molecular formula is C27H30N2O5S2. The maximum atomic E-state index is 13.5. The predicted octanol–water partition coefficient (Wildman–Crippen LogP) is 4.07. The van der Waals surface area contributed by atoms with Crippen LogP contribution in [0.15, 0.2) is 34.1 Å². The van der Waals surface area contributed by atoms with Crippen LogP contribution in [0.4, 0.5) is 0 Å². The molecule has 3 fully saturated rings. The van der Waals surface area contributed by atoms with Crippen LogP contribution in [0, 0.1) is 29.6 Å². The first-order valence-electron chi connectivity index (χ1n) is 12.6. The highest BCUT2D eigenvalue weighted by Crippen LogP contribution is 2.68. The number of benzene rings is 1. The lowest BCUT2D eigenvalue weighted by molar-refractivity contribution is -0.142. The molecule has 6 unspecified atom stereocenters. The van der Waals surface area contributed by atoms with Gasteiger partial charge in [-0.05, 0) is 47.1 Å². The van der Waals surface area contributed by atoms with E-state index < -0.39 is 5.97 Å². The van der Waals surface area contributed by atoms with Crippen molar-refractivity contribution in [2.45, 2.75) is 61.6 Å². The van der Waals surface area contributed by atoms with E-state index in [2.05, 4.69) is 50.0 Å². The lowest BCUT2D eigenvalue weighted by Gasteiger charge is -2.43. The van der Waals surface area contributed by atoms with E-state index in [4.69, 9.17) is 5.11 Å². The number of amides is 2. The number of aliphatic carboxylic acids is 1. The molecule has 3 heterocycles. The molecule has 0 radical (unpaired) electrons. The molecule has 4 aliphatic rings. The molecule has 190 valence electrons. The van der Waals surface area contributed by atoms with Crippen molar-refractivity contribution >= 4 is 40.9 Å². The van der Waals surface area contributed by atoms with Gasteiger partial charge in [0.05, 0.1) is 16.9 Å². The Labute approximate surface area is 217 Å². The summed E-state index contributed by atoms with van der Waals surface area (Å²) in [4.78, 5) is 55.6. The topological polar surface area (TPSA) is 108 Å². The number of thioether (sulfide) groups is 1. The first kappa shape index (κ1) is 24.0. The maximum absolute atomic E-state index is 13.5. The van der Waals surface area contributed by atoms with Crippen molar-refractivity contribution in [2.75, 3.05) is 6.54 Å². The van der Waals surface area contributed by atoms with Crippen LogP contribution in [0.2, 0.25) is 0 Å². The third-order valence-corrected chi connectivity index (χ3v) is 11.3. The van der Waals surface area contributed by atoms with E-state index in [0.29, 0.717) is 0 Å². The highest BCUT2D eigenvalue weighted by Gasteiger charge is 2.69. The molecule has 2 aromatic rings. The Hall–Kier alpha value is -2.39. The van der Waals surface area contributed by atoms with Gasteiger partial charge >= 0.3 is 10.8 Å². The standard InChI is InChI=1S/C27H30N2O5S2/c1-27(2,3)13-8-6-12(7-9-13)17-18-14-11-15(21(18)35-23-22(17)36-26(34)28-23)20-19(14)24(32)29(25(20)33)10-4-5-16(30)31/h6-9,14-15,17-21H,4-5,10-11H2,1-3H3,(H,28,34)(H,30,31)/t14?,15?,17-,18?,19?,20?,21?/m1/s1. The Kier molecular flexibility index (Phi) is 5.54. The number of thiazole rings is 1. The highest BCUT2D eigenvalue weighted by molar-refractivity contribution is 8.00. The molecule has 2 N–H and O–H groups in total. The van der Waals surface area contributed by atoms with Gasteiger partial charge in [0.1, 0.15) is 0 Å². The fourth-order valence-electron chi connectivity index (χ4n) is 7.25. The lowest BCUT2D eigenvalue weighted by atomic mass is 9.68. The van der Waals surface area contributed by atoms with Gasteiger partial charge in [-0.3, -0.25) is 24.1 Å². The number of carboxylic acids is 1. The molecule has 2 aliphatic heterocycles. The van der Waals surface area contributed by atoms with Gasteiger partial charge in [0.15, 0.2) is 0 Å². The normalized spacial score (nSPS) is 32.5. The van der Waals surface area contributed by atoms with Gasteiger partial charge in [0.25, 0.3) is 0 Å². The molecule has 36 heavy (non-hydrogen) atoms. The summed E-state index contributed by atoms with van der Waals surface area (Å²) in [7, 11) is 0. The number of aromatic amines is 1. The quantitative estimate of drug-likeness (QED) is 0.569. The zero-order valence-electron chi connectivity index (χ0n) is 20.5. The van der Waals surface area contributed by atoms with Gasteiger partial charge in [-0.2, -0.15) is 0 Å². The number of carboxylic acid groups (broad SMARTS) is 1. The zero-order valence-corrected chi connectivity index (χ0v) is 22.2. The minimum Gasteiger partial charge on any atom is -0.481 e. The Morgan fingerprint density at radius 2 is 1.75 bits per heavy atom. The predicted molar refractivity (Wildman–Crippen MR) is 137 cm³/mol. The van der Waals surface area contributed by atoms with Crippen molar-refractivity contribution in [3.63, 3.8) is 0 Å². The van der Waals surface area contributed by atoms with E-state index in [9.17, 15) is 19.2 Å². The van der Waals surface area contributed by atoms with Crippen molar-refractivity contribution in [3.8, 4) is 0 Å². The number of hydrogen-bond acceptors (Lipinski definition) is 6. The Bertz CT molecular complexity index is 1310. The van der Waals surface area contributed by atoms with Gasteiger partial charge in [0, 0.05) is 29.0 Å². The third-order valence-electron chi connectivity index (χ3n) is 8.72. The van der Waals surface area contributed by atoms with Crippen LogP contribution in [-0.2, 0) is 19.8 Å². The van der Waals surface area contributed by atoms with Crippen molar-refractivity contribution < 1.29 is 19.5 Å². The van der Waals surface area contributed by atoms with Crippen LogP contribution in [0.1, 0.15) is 62.0 Å². The van der Waals surface area contributed by atoms with Crippen LogP contribution in [0.5, 0.6) is 0 Å². The van der Waals surface area contributed by atoms with Crippen molar-refractivity contribution in [1.29, 1.82) is 0 Å². The molecule has 2 amide bonds. The van der Waals surface area contributed by atoms with Crippen LogP contribution in [0.3, 0.4) is 0 Å². The number of hydrogen-bond donors (Lipinski definition) is 2. The average Bonchev–Trinajstić information content (AvgIpc) is 3.53. The molecule has 1 saturated heterocycles. The van der Waals surface area contributed by atoms with Gasteiger partial charge in [-0.25, -0.2) is 0 Å². The number of H-pyrrole nitrogens is 1. The summed E-state index contributed by atoms with van der Waals surface area (Å²) in [6.45, 7) is 6.74. The van der Waals surface area contributed by atoms with E-state index in [1.54, 1.807) is 11.8 Å². The second-order valence-electron chi connectivity index (χ2n) is 11.7.